The van der Waals surface area contributed by atoms with Crippen LogP contribution in [-0.4, -0.2) is 36.5 Å². The van der Waals surface area contributed by atoms with Crippen molar-refractivity contribution in [2.45, 2.75) is 58.9 Å². The van der Waals surface area contributed by atoms with Gasteiger partial charge in [0.15, 0.2) is 0 Å². The molecule has 1 saturated carbocycles. The zero-order chi connectivity index (χ0) is 13.2. The highest BCUT2D eigenvalue weighted by atomic mass is 16.2. The lowest BCUT2D eigenvalue weighted by Gasteiger charge is -2.29. The third-order valence-electron chi connectivity index (χ3n) is 4.42. The summed E-state index contributed by atoms with van der Waals surface area (Å²) in [6.45, 7) is 9.71. The van der Waals surface area contributed by atoms with Crippen molar-refractivity contribution in [1.82, 2.24) is 10.2 Å². The third-order valence-corrected chi connectivity index (χ3v) is 4.42. The zero-order valence-electron chi connectivity index (χ0n) is 12.2. The maximum absolute atomic E-state index is 12.1. The average Bonchev–Trinajstić information content (AvgIpc) is 3.07. The first-order valence-electron chi connectivity index (χ1n) is 7.48. The molecule has 18 heavy (non-hydrogen) atoms. The molecule has 0 radical (unpaired) electrons. The van der Waals surface area contributed by atoms with Crippen molar-refractivity contribution >= 4 is 5.91 Å². The van der Waals surface area contributed by atoms with Gasteiger partial charge in [0.1, 0.15) is 0 Å². The predicted molar refractivity (Wildman–Crippen MR) is 74.4 cm³/mol. The molecule has 0 spiro atoms. The Bertz CT molecular complexity index is 291. The maximum Gasteiger partial charge on any atom is 0.222 e. The van der Waals surface area contributed by atoms with Crippen molar-refractivity contribution in [1.29, 1.82) is 0 Å². The topological polar surface area (TPSA) is 32.3 Å². The van der Waals surface area contributed by atoms with E-state index in [4.69, 9.17) is 0 Å². The minimum atomic E-state index is 0.336. The molecule has 1 aliphatic heterocycles. The van der Waals surface area contributed by atoms with Crippen LogP contribution in [0.5, 0.6) is 0 Å². The second-order valence-corrected chi connectivity index (χ2v) is 7.00. The van der Waals surface area contributed by atoms with Gasteiger partial charge in [0.05, 0.1) is 0 Å². The van der Waals surface area contributed by atoms with E-state index in [9.17, 15) is 4.79 Å². The Kier molecular flexibility index (Phi) is 4.31. The van der Waals surface area contributed by atoms with E-state index in [0.717, 1.165) is 38.5 Å². The van der Waals surface area contributed by atoms with E-state index < -0.39 is 0 Å². The third kappa shape index (κ3) is 3.98. The molecular weight excluding hydrogens is 224 g/mol. The summed E-state index contributed by atoms with van der Waals surface area (Å²) in [6.07, 6.45) is 5.61. The molecular formula is C15H28N2O. The van der Waals surface area contributed by atoms with Crippen LogP contribution < -0.4 is 5.32 Å². The summed E-state index contributed by atoms with van der Waals surface area (Å²) in [5.74, 6) is 1.04. The van der Waals surface area contributed by atoms with E-state index >= 15 is 0 Å². The average molecular weight is 252 g/mol. The second kappa shape index (κ2) is 5.60. The number of nitrogens with zero attached hydrogens (tertiary/aromatic N) is 1. The molecule has 2 aliphatic rings. The van der Waals surface area contributed by atoms with Gasteiger partial charge in [0.25, 0.3) is 0 Å². The van der Waals surface area contributed by atoms with Crippen molar-refractivity contribution < 1.29 is 4.79 Å². The second-order valence-electron chi connectivity index (χ2n) is 7.00. The summed E-state index contributed by atoms with van der Waals surface area (Å²) in [6, 6.07) is 0.745. The first-order chi connectivity index (χ1) is 8.47. The van der Waals surface area contributed by atoms with Gasteiger partial charge in [0.2, 0.25) is 5.91 Å². The molecule has 0 aromatic carbocycles. The molecule has 1 atom stereocenters. The molecule has 1 amide bonds. The van der Waals surface area contributed by atoms with Gasteiger partial charge in [-0.05, 0) is 37.0 Å². The highest BCUT2D eigenvalue weighted by Crippen LogP contribution is 2.34. The first kappa shape index (κ1) is 13.9. The smallest absolute Gasteiger partial charge is 0.222 e. The molecule has 0 bridgehead atoms. The predicted octanol–water partition coefficient (Wildman–Crippen LogP) is 2.41. The minimum absolute atomic E-state index is 0.336. The van der Waals surface area contributed by atoms with Gasteiger partial charge in [-0.1, -0.05) is 20.8 Å². The van der Waals surface area contributed by atoms with Crippen LogP contribution in [0.25, 0.3) is 0 Å². The van der Waals surface area contributed by atoms with Crippen LogP contribution in [0.2, 0.25) is 0 Å². The maximum atomic E-state index is 12.1. The number of likely N-dealkylation sites (tertiary alicyclic amines) is 1. The summed E-state index contributed by atoms with van der Waals surface area (Å²) in [4.78, 5) is 14.1. The number of hydrogen-bond donors (Lipinski definition) is 1. The van der Waals surface area contributed by atoms with E-state index in [2.05, 4.69) is 31.0 Å². The minimum Gasteiger partial charge on any atom is -0.341 e. The number of nitrogens with one attached hydrogen (secondary N) is 1. The molecule has 0 aromatic rings. The van der Waals surface area contributed by atoms with E-state index in [1.54, 1.807) is 0 Å². The van der Waals surface area contributed by atoms with E-state index in [1.165, 1.54) is 19.3 Å². The molecule has 3 heteroatoms. The molecule has 1 heterocycles. The lowest BCUT2D eigenvalue weighted by molar-refractivity contribution is -0.130. The fourth-order valence-electron chi connectivity index (χ4n) is 2.83. The highest BCUT2D eigenvalue weighted by Gasteiger charge is 2.30. The molecule has 1 N–H and O–H groups in total. The standard InChI is InChI=1S/C15H28N2O/c1-15(2,3)12-4-7-14(18)17(10-8-12)11-9-16-13-5-6-13/h12-13,16H,4-11H2,1-3H3. The van der Waals surface area contributed by atoms with Crippen LogP contribution >= 0.6 is 0 Å². The first-order valence-corrected chi connectivity index (χ1v) is 7.48. The molecule has 1 saturated heterocycles. The lowest BCUT2D eigenvalue weighted by Crippen LogP contribution is -2.37. The van der Waals surface area contributed by atoms with Crippen molar-refractivity contribution in [2.24, 2.45) is 11.3 Å². The van der Waals surface area contributed by atoms with Gasteiger partial charge in [-0.2, -0.15) is 0 Å². The molecule has 104 valence electrons. The number of carbonyl (C=O) groups excluding carboxylic acids is 1. The van der Waals surface area contributed by atoms with E-state index in [0.29, 0.717) is 17.2 Å². The molecule has 0 aromatic heterocycles. The Hall–Kier alpha value is -0.570. The summed E-state index contributed by atoms with van der Waals surface area (Å²) in [7, 11) is 0. The zero-order valence-corrected chi connectivity index (χ0v) is 12.2. The number of hydrogen-bond acceptors (Lipinski definition) is 2. The van der Waals surface area contributed by atoms with Crippen LogP contribution in [0.1, 0.15) is 52.9 Å². The van der Waals surface area contributed by atoms with Gasteiger partial charge >= 0.3 is 0 Å². The molecule has 2 fully saturated rings. The number of amides is 1. The van der Waals surface area contributed by atoms with Gasteiger partial charge in [-0.25, -0.2) is 0 Å². The Morgan fingerprint density at radius 2 is 1.94 bits per heavy atom. The SMILES string of the molecule is CC(C)(C)C1CCC(=O)N(CCNC2CC2)CC1. The highest BCUT2D eigenvalue weighted by molar-refractivity contribution is 5.76. The van der Waals surface area contributed by atoms with Crippen LogP contribution in [0.4, 0.5) is 0 Å². The van der Waals surface area contributed by atoms with E-state index in [-0.39, 0.29) is 0 Å². The molecule has 3 nitrogen and oxygen atoms in total. The van der Waals surface area contributed by atoms with Gasteiger partial charge in [-0.15, -0.1) is 0 Å². The normalized spacial score (nSPS) is 26.3. The summed E-state index contributed by atoms with van der Waals surface area (Å²) in [5, 5.41) is 3.49. The lowest BCUT2D eigenvalue weighted by atomic mass is 9.77. The van der Waals surface area contributed by atoms with Crippen LogP contribution in [0.3, 0.4) is 0 Å². The number of carbonyl (C=O) groups is 1. The summed E-state index contributed by atoms with van der Waals surface area (Å²) in [5.41, 5.74) is 0.336. The quantitative estimate of drug-likeness (QED) is 0.833. The van der Waals surface area contributed by atoms with Gasteiger partial charge in [-0.3, -0.25) is 4.79 Å². The summed E-state index contributed by atoms with van der Waals surface area (Å²) < 4.78 is 0. The summed E-state index contributed by atoms with van der Waals surface area (Å²) >= 11 is 0. The van der Waals surface area contributed by atoms with E-state index in [1.807, 2.05) is 0 Å². The molecule has 1 aliphatic carbocycles. The Balaban J connectivity index is 1.78. The van der Waals surface area contributed by atoms with Crippen LogP contribution in [-0.2, 0) is 4.79 Å². The number of rotatable bonds is 4. The largest absolute Gasteiger partial charge is 0.341 e. The molecule has 2 rings (SSSR count). The van der Waals surface area contributed by atoms with Crippen molar-refractivity contribution in [3.05, 3.63) is 0 Å². The fraction of sp³-hybridized carbons (Fsp3) is 0.933. The van der Waals surface area contributed by atoms with Gasteiger partial charge in [0, 0.05) is 32.1 Å². The van der Waals surface area contributed by atoms with Crippen molar-refractivity contribution in [2.75, 3.05) is 19.6 Å². The monoisotopic (exact) mass is 252 g/mol. The Labute approximate surface area is 111 Å². The molecule has 1 unspecified atom stereocenters. The Morgan fingerprint density at radius 3 is 2.56 bits per heavy atom. The van der Waals surface area contributed by atoms with Gasteiger partial charge < -0.3 is 10.2 Å². The fourth-order valence-corrected chi connectivity index (χ4v) is 2.83. The van der Waals surface area contributed by atoms with Crippen molar-refractivity contribution in [3.63, 3.8) is 0 Å². The van der Waals surface area contributed by atoms with Crippen molar-refractivity contribution in [3.8, 4) is 0 Å². The van der Waals surface area contributed by atoms with Crippen LogP contribution in [0.15, 0.2) is 0 Å². The van der Waals surface area contributed by atoms with Crippen LogP contribution in [0, 0.1) is 11.3 Å². The Morgan fingerprint density at radius 1 is 1.22 bits per heavy atom.